The minimum absolute atomic E-state index is 0.00552. The number of anilines is 1. The molecule has 2 atom stereocenters. The van der Waals surface area contributed by atoms with E-state index in [1.165, 1.54) is 24.3 Å². The monoisotopic (exact) mass is 408 g/mol. The van der Waals surface area contributed by atoms with Crippen LogP contribution in [-0.2, 0) is 11.2 Å². The van der Waals surface area contributed by atoms with Crippen LogP contribution in [0.1, 0.15) is 19.4 Å². The van der Waals surface area contributed by atoms with Gasteiger partial charge in [0.15, 0.2) is 0 Å². The van der Waals surface area contributed by atoms with Crippen molar-refractivity contribution < 1.29 is 24.1 Å². The molecule has 0 radical (unpaired) electrons. The van der Waals surface area contributed by atoms with E-state index >= 15 is 0 Å². The van der Waals surface area contributed by atoms with Crippen molar-refractivity contribution in [2.75, 3.05) is 11.9 Å². The highest BCUT2D eigenvalue weighted by atomic mass is 35.5. The summed E-state index contributed by atoms with van der Waals surface area (Å²) in [4.78, 5) is 12.2. The normalized spacial score (nSPS) is 17.5. The summed E-state index contributed by atoms with van der Waals surface area (Å²) in [7, 11) is 0. The predicted molar refractivity (Wildman–Crippen MR) is 104 cm³/mol. The fourth-order valence-electron chi connectivity index (χ4n) is 3.08. The Morgan fingerprint density at radius 2 is 2.07 bits per heavy atom. The van der Waals surface area contributed by atoms with Gasteiger partial charge in [-0.25, -0.2) is 4.39 Å². The van der Waals surface area contributed by atoms with Crippen LogP contribution in [0.15, 0.2) is 36.4 Å². The number of rotatable bonds is 6. The van der Waals surface area contributed by atoms with Crippen LogP contribution >= 0.6 is 11.6 Å². The Morgan fingerprint density at radius 1 is 1.32 bits per heavy atom. The summed E-state index contributed by atoms with van der Waals surface area (Å²) in [6, 6.07) is 8.89. The van der Waals surface area contributed by atoms with E-state index in [9.17, 15) is 19.4 Å². The molecule has 28 heavy (non-hydrogen) atoms. The zero-order valence-electron chi connectivity index (χ0n) is 15.5. The largest absolute Gasteiger partial charge is 0.508 e. The first-order valence-corrected chi connectivity index (χ1v) is 9.20. The summed E-state index contributed by atoms with van der Waals surface area (Å²) < 4.78 is 18.9. The number of nitrogens with one attached hydrogen (secondary N) is 2. The van der Waals surface area contributed by atoms with Crippen LogP contribution in [0.3, 0.4) is 0 Å². The molecule has 1 amide bonds. The van der Waals surface area contributed by atoms with Crippen LogP contribution in [0.25, 0.3) is 0 Å². The summed E-state index contributed by atoms with van der Waals surface area (Å²) in [5.74, 6) is -0.580. The van der Waals surface area contributed by atoms with E-state index in [1.54, 1.807) is 12.1 Å². The van der Waals surface area contributed by atoms with Crippen molar-refractivity contribution in [3.8, 4) is 11.5 Å². The molecule has 1 aliphatic rings. The quantitative estimate of drug-likeness (QED) is 0.590. The number of aromatic hydroxyl groups is 1. The molecule has 2 aromatic rings. The summed E-state index contributed by atoms with van der Waals surface area (Å²) in [5.41, 5.74) is 0.755. The smallest absolute Gasteiger partial charge is 0.268 e. The number of hydrogen-bond donors (Lipinski definition) is 4. The summed E-state index contributed by atoms with van der Waals surface area (Å²) in [6.07, 6.45) is -1.64. The minimum atomic E-state index is -1.10. The van der Waals surface area contributed by atoms with Gasteiger partial charge in [-0.15, -0.1) is 0 Å². The molecule has 0 aromatic heterocycles. The molecule has 4 N–H and O–H groups in total. The lowest BCUT2D eigenvalue weighted by molar-refractivity contribution is -0.128. The topological polar surface area (TPSA) is 90.8 Å². The molecule has 0 aliphatic carbocycles. The van der Waals surface area contributed by atoms with Crippen LogP contribution in [0.2, 0.25) is 5.02 Å². The molecule has 0 fully saturated rings. The molecule has 2 aromatic carbocycles. The number of carbonyl (C=O) groups excluding carboxylic acids is 1. The number of benzene rings is 2. The second kappa shape index (κ2) is 7.95. The summed E-state index contributed by atoms with van der Waals surface area (Å²) in [6.45, 7) is 3.96. The molecule has 0 saturated heterocycles. The lowest BCUT2D eigenvalue weighted by Crippen LogP contribution is -2.53. The number of fused-ring (bicyclic) bond motifs is 1. The third kappa shape index (κ3) is 4.73. The summed E-state index contributed by atoms with van der Waals surface area (Å²) >= 11 is 5.83. The van der Waals surface area contributed by atoms with Gasteiger partial charge in [-0.2, -0.15) is 0 Å². The van der Waals surface area contributed by atoms with E-state index in [1.807, 2.05) is 13.8 Å². The Morgan fingerprint density at radius 3 is 2.79 bits per heavy atom. The zero-order valence-corrected chi connectivity index (χ0v) is 16.3. The standard InChI is InChI=1S/C20H22ClFN2O4/c1-20(2,9-11-3-5-14(22)13(21)7-11)23-10-16(26)18-19(27)24-15-8-12(25)4-6-17(15)28-18/h3-8,16,18,23,25-26H,9-10H2,1-2H3,(H,24,27). The second-order valence-electron chi connectivity index (χ2n) is 7.47. The minimum Gasteiger partial charge on any atom is -0.508 e. The molecule has 6 nitrogen and oxygen atoms in total. The highest BCUT2D eigenvalue weighted by Crippen LogP contribution is 2.33. The molecule has 150 valence electrons. The molecule has 1 aliphatic heterocycles. The Labute approximate surface area is 167 Å². The molecule has 0 bridgehead atoms. The number of aliphatic hydroxyl groups excluding tert-OH is 1. The van der Waals surface area contributed by atoms with Gasteiger partial charge in [-0.1, -0.05) is 17.7 Å². The molecule has 0 spiro atoms. The van der Waals surface area contributed by atoms with Crippen molar-refractivity contribution in [3.05, 3.63) is 52.8 Å². The van der Waals surface area contributed by atoms with Gasteiger partial charge in [0.25, 0.3) is 5.91 Å². The first-order valence-electron chi connectivity index (χ1n) is 8.82. The van der Waals surface area contributed by atoms with E-state index in [0.29, 0.717) is 17.9 Å². The van der Waals surface area contributed by atoms with Gasteiger partial charge in [-0.05, 0) is 50.1 Å². The van der Waals surface area contributed by atoms with Crippen LogP contribution < -0.4 is 15.4 Å². The molecule has 1 heterocycles. The number of aliphatic hydroxyl groups is 1. The third-order valence-corrected chi connectivity index (χ3v) is 4.79. The molecule has 8 heteroatoms. The van der Waals surface area contributed by atoms with Crippen molar-refractivity contribution in [1.29, 1.82) is 0 Å². The Hall–Kier alpha value is -2.35. The fourth-order valence-corrected chi connectivity index (χ4v) is 3.28. The van der Waals surface area contributed by atoms with Crippen molar-refractivity contribution in [2.24, 2.45) is 0 Å². The lowest BCUT2D eigenvalue weighted by atomic mass is 9.94. The van der Waals surface area contributed by atoms with E-state index in [0.717, 1.165) is 5.56 Å². The SMILES string of the molecule is CC(C)(Cc1ccc(F)c(Cl)c1)NCC(O)C1Oc2ccc(O)cc2NC1=O. The van der Waals surface area contributed by atoms with E-state index in [-0.39, 0.29) is 17.3 Å². The van der Waals surface area contributed by atoms with E-state index < -0.39 is 29.5 Å². The van der Waals surface area contributed by atoms with Crippen molar-refractivity contribution in [1.82, 2.24) is 5.32 Å². The maximum Gasteiger partial charge on any atom is 0.268 e. The van der Waals surface area contributed by atoms with Crippen molar-refractivity contribution >= 4 is 23.2 Å². The van der Waals surface area contributed by atoms with Crippen molar-refractivity contribution in [3.63, 3.8) is 0 Å². The number of hydrogen-bond acceptors (Lipinski definition) is 5. The number of phenolic OH excluding ortho intramolecular Hbond substituents is 1. The number of β-amino-alcohol motifs (C(OH)–C–C–N with tert-alkyl or cyclic N) is 1. The van der Waals surface area contributed by atoms with Crippen LogP contribution in [0, 0.1) is 5.82 Å². The predicted octanol–water partition coefficient (Wildman–Crippen LogP) is 2.86. The number of carbonyl (C=O) groups is 1. The number of ether oxygens (including phenoxy) is 1. The second-order valence-corrected chi connectivity index (χ2v) is 7.87. The first-order chi connectivity index (χ1) is 13.1. The van der Waals surface area contributed by atoms with E-state index in [2.05, 4.69) is 10.6 Å². The Balaban J connectivity index is 1.61. The molecule has 2 unspecified atom stereocenters. The van der Waals surface area contributed by atoms with Gasteiger partial charge >= 0.3 is 0 Å². The van der Waals surface area contributed by atoms with Gasteiger partial charge < -0.3 is 25.6 Å². The first kappa shape index (κ1) is 20.4. The van der Waals surface area contributed by atoms with Crippen LogP contribution in [0.5, 0.6) is 11.5 Å². The number of phenols is 1. The third-order valence-electron chi connectivity index (χ3n) is 4.50. The molecular weight excluding hydrogens is 387 g/mol. The number of halogens is 2. The zero-order chi connectivity index (χ0) is 20.5. The van der Waals surface area contributed by atoms with Crippen LogP contribution in [0.4, 0.5) is 10.1 Å². The molecular formula is C20H22ClFN2O4. The van der Waals surface area contributed by atoms with E-state index in [4.69, 9.17) is 16.3 Å². The Kier molecular flexibility index (Phi) is 5.79. The average molecular weight is 409 g/mol. The van der Waals surface area contributed by atoms with Gasteiger partial charge in [0.1, 0.15) is 23.4 Å². The lowest BCUT2D eigenvalue weighted by Gasteiger charge is -2.32. The van der Waals surface area contributed by atoms with Crippen LogP contribution in [-0.4, -0.2) is 40.4 Å². The fraction of sp³-hybridized carbons (Fsp3) is 0.350. The number of amides is 1. The molecule has 3 rings (SSSR count). The van der Waals surface area contributed by atoms with Gasteiger partial charge in [0.2, 0.25) is 6.10 Å². The van der Waals surface area contributed by atoms with Gasteiger partial charge in [0, 0.05) is 18.2 Å². The average Bonchev–Trinajstić information content (AvgIpc) is 2.62. The van der Waals surface area contributed by atoms with Gasteiger partial charge in [0.05, 0.1) is 10.7 Å². The van der Waals surface area contributed by atoms with Crippen molar-refractivity contribution in [2.45, 2.75) is 38.0 Å². The highest BCUT2D eigenvalue weighted by molar-refractivity contribution is 6.30. The highest BCUT2D eigenvalue weighted by Gasteiger charge is 2.34. The molecule has 0 saturated carbocycles. The maximum atomic E-state index is 13.3. The Bertz CT molecular complexity index is 891. The van der Waals surface area contributed by atoms with Gasteiger partial charge in [-0.3, -0.25) is 4.79 Å². The summed E-state index contributed by atoms with van der Waals surface area (Å²) in [5, 5.41) is 25.8. The maximum absolute atomic E-state index is 13.3.